The van der Waals surface area contributed by atoms with Crippen molar-refractivity contribution in [3.8, 4) is 0 Å². The Morgan fingerprint density at radius 2 is 2.17 bits per heavy atom. The minimum absolute atomic E-state index is 0. The number of benzene rings is 1. The number of nitrogens with one attached hydrogen (secondary N) is 2. The predicted octanol–water partition coefficient (Wildman–Crippen LogP) is 2.53. The van der Waals surface area contributed by atoms with E-state index >= 15 is 0 Å². The van der Waals surface area contributed by atoms with E-state index in [0.29, 0.717) is 6.04 Å². The van der Waals surface area contributed by atoms with Crippen LogP contribution in [0.25, 0.3) is 10.9 Å². The van der Waals surface area contributed by atoms with Gasteiger partial charge in [0.25, 0.3) is 0 Å². The first-order valence-corrected chi connectivity index (χ1v) is 7.67. The first-order valence-electron chi connectivity index (χ1n) is 7.67. The van der Waals surface area contributed by atoms with Gasteiger partial charge < -0.3 is 5.32 Å². The van der Waals surface area contributed by atoms with Crippen molar-refractivity contribution in [1.29, 1.82) is 0 Å². The van der Waals surface area contributed by atoms with Crippen LogP contribution in [0.1, 0.15) is 17.2 Å². The van der Waals surface area contributed by atoms with Crippen LogP contribution in [0.5, 0.6) is 0 Å². The molecule has 1 fully saturated rings. The molecule has 1 aliphatic rings. The molecule has 1 aliphatic heterocycles. The van der Waals surface area contributed by atoms with E-state index < -0.39 is 0 Å². The molecule has 1 atom stereocenters. The van der Waals surface area contributed by atoms with Crippen LogP contribution in [0.3, 0.4) is 0 Å². The van der Waals surface area contributed by atoms with E-state index in [1.165, 1.54) is 11.1 Å². The molecule has 0 bridgehead atoms. The summed E-state index contributed by atoms with van der Waals surface area (Å²) in [5.74, 6) is 0. The standard InChI is InChI=1S/C17H19N5.ClH/c1-2-15(9-18-5-1)17-11-19-6-7-22(17)12-13-3-4-14-10-20-21-16(14)8-13;/h1-5,8-10,17,19H,6-7,11-12H2,(H,20,21);1H. The summed E-state index contributed by atoms with van der Waals surface area (Å²) in [4.78, 5) is 6.79. The van der Waals surface area contributed by atoms with Crippen molar-refractivity contribution in [2.24, 2.45) is 0 Å². The molecule has 1 unspecified atom stereocenters. The first-order chi connectivity index (χ1) is 10.9. The Morgan fingerprint density at radius 3 is 3.04 bits per heavy atom. The van der Waals surface area contributed by atoms with E-state index in [1.807, 2.05) is 24.7 Å². The summed E-state index contributed by atoms with van der Waals surface area (Å²) in [5, 5.41) is 11.8. The molecular formula is C17H20ClN5. The van der Waals surface area contributed by atoms with Gasteiger partial charge in [0, 0.05) is 50.0 Å². The average molecular weight is 330 g/mol. The maximum atomic E-state index is 4.27. The molecule has 120 valence electrons. The first kappa shape index (κ1) is 15.9. The highest BCUT2D eigenvalue weighted by Crippen LogP contribution is 2.24. The summed E-state index contributed by atoms with van der Waals surface area (Å²) in [6, 6.07) is 11.1. The summed E-state index contributed by atoms with van der Waals surface area (Å²) < 4.78 is 0. The monoisotopic (exact) mass is 329 g/mol. The zero-order chi connectivity index (χ0) is 14.8. The fourth-order valence-electron chi connectivity index (χ4n) is 3.15. The Balaban J connectivity index is 0.00000156. The van der Waals surface area contributed by atoms with Gasteiger partial charge in [-0.1, -0.05) is 18.2 Å². The Kier molecular flexibility index (Phi) is 4.91. The quantitative estimate of drug-likeness (QED) is 0.775. The summed E-state index contributed by atoms with van der Waals surface area (Å²) in [6.45, 7) is 3.98. The molecule has 6 heteroatoms. The van der Waals surface area contributed by atoms with Gasteiger partial charge in [-0.15, -0.1) is 12.4 Å². The van der Waals surface area contributed by atoms with Crippen molar-refractivity contribution in [2.45, 2.75) is 12.6 Å². The van der Waals surface area contributed by atoms with E-state index in [-0.39, 0.29) is 12.4 Å². The lowest BCUT2D eigenvalue weighted by Gasteiger charge is -2.36. The normalized spacial score (nSPS) is 18.7. The van der Waals surface area contributed by atoms with Crippen molar-refractivity contribution in [3.63, 3.8) is 0 Å². The van der Waals surface area contributed by atoms with Crippen LogP contribution >= 0.6 is 12.4 Å². The number of rotatable bonds is 3. The van der Waals surface area contributed by atoms with E-state index in [1.54, 1.807) is 0 Å². The SMILES string of the molecule is Cl.c1cncc(C2CNCCN2Cc2ccc3cn[nH]c3c2)c1. The zero-order valence-corrected chi connectivity index (χ0v) is 13.6. The molecule has 5 nitrogen and oxygen atoms in total. The zero-order valence-electron chi connectivity index (χ0n) is 12.8. The third kappa shape index (κ3) is 3.37. The molecule has 0 spiro atoms. The number of aromatic nitrogens is 3. The van der Waals surface area contributed by atoms with Gasteiger partial charge in [0.15, 0.2) is 0 Å². The number of aromatic amines is 1. The Morgan fingerprint density at radius 1 is 1.22 bits per heavy atom. The summed E-state index contributed by atoms with van der Waals surface area (Å²) in [7, 11) is 0. The average Bonchev–Trinajstić information content (AvgIpc) is 3.04. The summed E-state index contributed by atoms with van der Waals surface area (Å²) in [5.41, 5.74) is 3.69. The second kappa shape index (κ2) is 7.08. The van der Waals surface area contributed by atoms with Crippen molar-refractivity contribution < 1.29 is 0 Å². The van der Waals surface area contributed by atoms with Crippen LogP contribution < -0.4 is 5.32 Å². The van der Waals surface area contributed by atoms with Crippen LogP contribution in [0, 0.1) is 0 Å². The van der Waals surface area contributed by atoms with Crippen LogP contribution in [-0.4, -0.2) is 39.7 Å². The highest BCUT2D eigenvalue weighted by molar-refractivity contribution is 5.85. The molecule has 0 aliphatic carbocycles. The van der Waals surface area contributed by atoms with E-state index in [2.05, 4.69) is 49.7 Å². The van der Waals surface area contributed by atoms with Crippen LogP contribution in [-0.2, 0) is 6.54 Å². The van der Waals surface area contributed by atoms with Crippen LogP contribution in [0.15, 0.2) is 48.9 Å². The molecule has 23 heavy (non-hydrogen) atoms. The Hall–Kier alpha value is -1.95. The fraction of sp³-hybridized carbons (Fsp3) is 0.294. The molecule has 3 heterocycles. The molecule has 2 N–H and O–H groups in total. The minimum atomic E-state index is 0. The smallest absolute Gasteiger partial charge is 0.0653 e. The number of H-pyrrole nitrogens is 1. The molecular weight excluding hydrogens is 310 g/mol. The highest BCUT2D eigenvalue weighted by atomic mass is 35.5. The molecule has 0 saturated carbocycles. The van der Waals surface area contributed by atoms with Crippen molar-refractivity contribution >= 4 is 23.3 Å². The van der Waals surface area contributed by atoms with E-state index in [4.69, 9.17) is 0 Å². The number of pyridine rings is 1. The third-order valence-electron chi connectivity index (χ3n) is 4.32. The lowest BCUT2D eigenvalue weighted by Crippen LogP contribution is -2.45. The van der Waals surface area contributed by atoms with Gasteiger partial charge >= 0.3 is 0 Å². The van der Waals surface area contributed by atoms with Crippen molar-refractivity contribution in [2.75, 3.05) is 19.6 Å². The Bertz CT molecular complexity index is 758. The molecule has 3 aromatic rings. The van der Waals surface area contributed by atoms with Gasteiger partial charge in [0.1, 0.15) is 0 Å². The van der Waals surface area contributed by atoms with Crippen molar-refractivity contribution in [1.82, 2.24) is 25.4 Å². The second-order valence-electron chi connectivity index (χ2n) is 5.77. The van der Waals surface area contributed by atoms with Crippen molar-refractivity contribution in [3.05, 3.63) is 60.0 Å². The molecule has 1 saturated heterocycles. The van der Waals surface area contributed by atoms with E-state index in [9.17, 15) is 0 Å². The van der Waals surface area contributed by atoms with Gasteiger partial charge in [0.2, 0.25) is 0 Å². The maximum absolute atomic E-state index is 4.27. The number of piperazine rings is 1. The van der Waals surface area contributed by atoms with Gasteiger partial charge in [-0.05, 0) is 23.3 Å². The second-order valence-corrected chi connectivity index (χ2v) is 5.77. The van der Waals surface area contributed by atoms with E-state index in [0.717, 1.165) is 37.1 Å². The lowest BCUT2D eigenvalue weighted by atomic mass is 10.0. The number of fused-ring (bicyclic) bond motifs is 1. The largest absolute Gasteiger partial charge is 0.314 e. The topological polar surface area (TPSA) is 56.8 Å². The molecule has 0 amide bonds. The van der Waals surface area contributed by atoms with Crippen LogP contribution in [0.2, 0.25) is 0 Å². The predicted molar refractivity (Wildman–Crippen MR) is 93.6 cm³/mol. The maximum Gasteiger partial charge on any atom is 0.0653 e. The molecule has 4 rings (SSSR count). The molecule has 2 aromatic heterocycles. The summed E-state index contributed by atoms with van der Waals surface area (Å²) in [6.07, 6.45) is 5.67. The Labute approximate surface area is 141 Å². The number of hydrogen-bond acceptors (Lipinski definition) is 4. The minimum Gasteiger partial charge on any atom is -0.314 e. The summed E-state index contributed by atoms with van der Waals surface area (Å²) >= 11 is 0. The van der Waals surface area contributed by atoms with Gasteiger partial charge in [0.05, 0.1) is 11.7 Å². The molecule has 1 aromatic carbocycles. The number of hydrogen-bond donors (Lipinski definition) is 2. The molecule has 0 radical (unpaired) electrons. The highest BCUT2D eigenvalue weighted by Gasteiger charge is 2.23. The number of nitrogens with zero attached hydrogens (tertiary/aromatic N) is 3. The van der Waals surface area contributed by atoms with Crippen LogP contribution in [0.4, 0.5) is 0 Å². The lowest BCUT2D eigenvalue weighted by molar-refractivity contribution is 0.153. The van der Waals surface area contributed by atoms with Gasteiger partial charge in [-0.25, -0.2) is 0 Å². The van der Waals surface area contributed by atoms with Gasteiger partial charge in [-0.3, -0.25) is 15.0 Å². The third-order valence-corrected chi connectivity index (χ3v) is 4.32. The number of halogens is 1. The van der Waals surface area contributed by atoms with Gasteiger partial charge in [-0.2, -0.15) is 5.10 Å². The fourth-order valence-corrected chi connectivity index (χ4v) is 3.15.